The molecule has 1 aromatic rings. The quantitative estimate of drug-likeness (QED) is 0.873. The fourth-order valence-electron chi connectivity index (χ4n) is 3.00. The minimum absolute atomic E-state index is 0.626. The Morgan fingerprint density at radius 2 is 1.94 bits per heavy atom. The highest BCUT2D eigenvalue weighted by Gasteiger charge is 2.33. The predicted molar refractivity (Wildman–Crippen MR) is 84.2 cm³/mol. The molecule has 1 aliphatic rings. The smallest absolute Gasteiger partial charge is 0.0311 e. The Balaban J connectivity index is 2.13. The Morgan fingerprint density at radius 3 is 2.61 bits per heavy atom. The van der Waals surface area contributed by atoms with Gasteiger partial charge in [0.2, 0.25) is 0 Å². The van der Waals surface area contributed by atoms with Crippen LogP contribution >= 0.6 is 27.7 Å². The average molecular weight is 328 g/mol. The standard InChI is InChI=1S/C15H22BrNS/c1-10-8-11(2)15(13(9-10)17-3)18-14-7-5-4-6-12(14)16/h4-7,10-11,13,15,17H,8-9H2,1-3H3. The van der Waals surface area contributed by atoms with Crippen molar-refractivity contribution >= 4 is 27.7 Å². The van der Waals surface area contributed by atoms with Gasteiger partial charge in [-0.3, -0.25) is 0 Å². The number of halogens is 1. The van der Waals surface area contributed by atoms with Crippen molar-refractivity contribution in [2.75, 3.05) is 7.05 Å². The van der Waals surface area contributed by atoms with E-state index in [0.29, 0.717) is 11.3 Å². The van der Waals surface area contributed by atoms with Gasteiger partial charge in [0.05, 0.1) is 0 Å². The third-order valence-electron chi connectivity index (χ3n) is 3.86. The van der Waals surface area contributed by atoms with Gasteiger partial charge in [-0.1, -0.05) is 26.0 Å². The van der Waals surface area contributed by atoms with Gasteiger partial charge in [-0.25, -0.2) is 0 Å². The van der Waals surface area contributed by atoms with Crippen LogP contribution in [0.1, 0.15) is 26.7 Å². The first-order valence-electron chi connectivity index (χ1n) is 6.70. The van der Waals surface area contributed by atoms with Gasteiger partial charge in [0.25, 0.3) is 0 Å². The molecule has 2 rings (SSSR count). The highest BCUT2D eigenvalue weighted by molar-refractivity contribution is 9.10. The Kier molecular flexibility index (Phi) is 5.16. The maximum atomic E-state index is 3.66. The summed E-state index contributed by atoms with van der Waals surface area (Å²) >= 11 is 5.68. The Hall–Kier alpha value is 0.01000. The molecule has 1 fully saturated rings. The predicted octanol–water partition coefficient (Wildman–Crippen LogP) is 4.56. The first-order valence-corrected chi connectivity index (χ1v) is 8.37. The summed E-state index contributed by atoms with van der Waals surface area (Å²) in [5, 5.41) is 4.19. The number of rotatable bonds is 3. The molecule has 1 saturated carbocycles. The van der Waals surface area contributed by atoms with Crippen LogP contribution in [0.3, 0.4) is 0 Å². The summed E-state index contributed by atoms with van der Waals surface area (Å²) in [5.74, 6) is 1.61. The lowest BCUT2D eigenvalue weighted by molar-refractivity contribution is 0.257. The first kappa shape index (κ1) is 14.4. The normalized spacial score (nSPS) is 32.4. The summed E-state index contributed by atoms with van der Waals surface area (Å²) in [6, 6.07) is 9.17. The monoisotopic (exact) mass is 327 g/mol. The summed E-state index contributed by atoms with van der Waals surface area (Å²) in [5.41, 5.74) is 0. The van der Waals surface area contributed by atoms with E-state index < -0.39 is 0 Å². The number of benzene rings is 1. The second kappa shape index (κ2) is 6.44. The molecule has 100 valence electrons. The second-order valence-corrected chi connectivity index (χ2v) is 7.54. The van der Waals surface area contributed by atoms with Gasteiger partial charge in [-0.2, -0.15) is 0 Å². The Labute approximate surface area is 123 Å². The summed E-state index contributed by atoms with van der Waals surface area (Å²) in [4.78, 5) is 1.36. The average Bonchev–Trinajstić information content (AvgIpc) is 2.34. The zero-order valence-electron chi connectivity index (χ0n) is 11.3. The van der Waals surface area contributed by atoms with E-state index >= 15 is 0 Å². The lowest BCUT2D eigenvalue weighted by Crippen LogP contribution is -2.44. The molecule has 1 aliphatic carbocycles. The van der Waals surface area contributed by atoms with Crippen molar-refractivity contribution in [1.82, 2.24) is 5.32 Å². The van der Waals surface area contributed by atoms with Crippen molar-refractivity contribution < 1.29 is 0 Å². The van der Waals surface area contributed by atoms with Crippen LogP contribution < -0.4 is 5.32 Å². The van der Waals surface area contributed by atoms with Crippen LogP contribution in [-0.4, -0.2) is 18.3 Å². The molecule has 4 unspecified atom stereocenters. The number of hydrogen-bond donors (Lipinski definition) is 1. The molecule has 0 heterocycles. The largest absolute Gasteiger partial charge is 0.316 e. The van der Waals surface area contributed by atoms with E-state index in [1.807, 2.05) is 11.8 Å². The van der Waals surface area contributed by atoms with Gasteiger partial charge >= 0.3 is 0 Å². The fourth-order valence-corrected chi connectivity index (χ4v) is 4.95. The molecule has 4 atom stereocenters. The van der Waals surface area contributed by atoms with Crippen molar-refractivity contribution in [3.63, 3.8) is 0 Å². The van der Waals surface area contributed by atoms with Crippen LogP contribution in [0.25, 0.3) is 0 Å². The van der Waals surface area contributed by atoms with E-state index in [0.717, 1.165) is 11.8 Å². The lowest BCUT2D eigenvalue weighted by atomic mass is 9.80. The molecule has 0 aliphatic heterocycles. The van der Waals surface area contributed by atoms with Gasteiger partial charge in [-0.15, -0.1) is 11.8 Å². The zero-order chi connectivity index (χ0) is 13.1. The highest BCUT2D eigenvalue weighted by atomic mass is 79.9. The maximum absolute atomic E-state index is 3.66. The van der Waals surface area contributed by atoms with E-state index in [2.05, 4.69) is 66.4 Å². The van der Waals surface area contributed by atoms with Crippen molar-refractivity contribution in [2.24, 2.45) is 11.8 Å². The third kappa shape index (κ3) is 3.31. The van der Waals surface area contributed by atoms with Gasteiger partial charge in [-0.05, 0) is 59.8 Å². The Morgan fingerprint density at radius 1 is 1.22 bits per heavy atom. The van der Waals surface area contributed by atoms with Crippen LogP contribution in [0.4, 0.5) is 0 Å². The summed E-state index contributed by atoms with van der Waals surface area (Å²) < 4.78 is 1.22. The molecular weight excluding hydrogens is 306 g/mol. The first-order chi connectivity index (χ1) is 8.61. The molecule has 0 saturated heterocycles. The van der Waals surface area contributed by atoms with Crippen LogP contribution in [0.2, 0.25) is 0 Å². The lowest BCUT2D eigenvalue weighted by Gasteiger charge is -2.39. The molecule has 0 spiro atoms. The molecule has 0 bridgehead atoms. The summed E-state index contributed by atoms with van der Waals surface area (Å²) in [7, 11) is 2.10. The fraction of sp³-hybridized carbons (Fsp3) is 0.600. The molecule has 0 radical (unpaired) electrons. The number of nitrogens with one attached hydrogen (secondary N) is 1. The summed E-state index contributed by atoms with van der Waals surface area (Å²) in [6.07, 6.45) is 2.64. The van der Waals surface area contributed by atoms with Crippen molar-refractivity contribution in [3.05, 3.63) is 28.7 Å². The highest BCUT2D eigenvalue weighted by Crippen LogP contribution is 2.41. The molecule has 1 aromatic carbocycles. The van der Waals surface area contributed by atoms with Crippen LogP contribution in [0.5, 0.6) is 0 Å². The minimum atomic E-state index is 0.626. The van der Waals surface area contributed by atoms with Crippen molar-refractivity contribution in [3.8, 4) is 0 Å². The zero-order valence-corrected chi connectivity index (χ0v) is 13.7. The molecule has 0 aromatic heterocycles. The molecule has 1 nitrogen and oxygen atoms in total. The number of hydrogen-bond acceptors (Lipinski definition) is 2. The second-order valence-electron chi connectivity index (χ2n) is 5.46. The van der Waals surface area contributed by atoms with E-state index in [9.17, 15) is 0 Å². The van der Waals surface area contributed by atoms with Gasteiger partial charge in [0, 0.05) is 20.7 Å². The Bertz CT molecular complexity index is 396. The van der Waals surface area contributed by atoms with Crippen LogP contribution in [0, 0.1) is 11.8 Å². The molecule has 1 N–H and O–H groups in total. The van der Waals surface area contributed by atoms with Gasteiger partial charge < -0.3 is 5.32 Å². The molecule has 0 amide bonds. The van der Waals surface area contributed by atoms with Gasteiger partial charge in [0.15, 0.2) is 0 Å². The van der Waals surface area contributed by atoms with E-state index in [1.165, 1.54) is 22.2 Å². The van der Waals surface area contributed by atoms with Crippen molar-refractivity contribution in [2.45, 2.75) is 42.9 Å². The van der Waals surface area contributed by atoms with E-state index in [4.69, 9.17) is 0 Å². The minimum Gasteiger partial charge on any atom is -0.316 e. The SMILES string of the molecule is CNC1CC(C)CC(C)C1Sc1ccccc1Br. The third-order valence-corrected chi connectivity index (χ3v) is 6.49. The maximum Gasteiger partial charge on any atom is 0.0311 e. The van der Waals surface area contributed by atoms with Crippen molar-refractivity contribution in [1.29, 1.82) is 0 Å². The molecular formula is C15H22BrNS. The van der Waals surface area contributed by atoms with E-state index in [1.54, 1.807) is 0 Å². The number of thioether (sulfide) groups is 1. The summed E-state index contributed by atoms with van der Waals surface area (Å²) in [6.45, 7) is 4.77. The van der Waals surface area contributed by atoms with E-state index in [-0.39, 0.29) is 0 Å². The molecule has 3 heteroatoms. The molecule has 18 heavy (non-hydrogen) atoms. The van der Waals surface area contributed by atoms with Crippen LogP contribution in [0.15, 0.2) is 33.6 Å². The van der Waals surface area contributed by atoms with Crippen LogP contribution in [-0.2, 0) is 0 Å². The topological polar surface area (TPSA) is 12.0 Å². The van der Waals surface area contributed by atoms with Gasteiger partial charge in [0.1, 0.15) is 0 Å².